The van der Waals surface area contributed by atoms with Crippen molar-refractivity contribution >= 4 is 22.6 Å². The third-order valence-corrected chi connectivity index (χ3v) is 6.02. The van der Waals surface area contributed by atoms with Crippen LogP contribution in [-0.4, -0.2) is 59.8 Å². The molecule has 1 aromatic heterocycles. The average molecular weight is 367 g/mol. The number of hydrogen-bond donors (Lipinski definition) is 0. The highest BCUT2D eigenvalue weighted by Gasteiger charge is 2.29. The van der Waals surface area contributed by atoms with Gasteiger partial charge in [-0.05, 0) is 70.0 Å². The predicted octanol–water partition coefficient (Wildman–Crippen LogP) is 3.20. The maximum Gasteiger partial charge on any atom is 0.253 e. The number of rotatable bonds is 4. The second kappa shape index (κ2) is 7.12. The van der Waals surface area contributed by atoms with Crippen LogP contribution >= 0.6 is 0 Å². The fraction of sp³-hybridized carbons (Fsp3) is 0.545. The van der Waals surface area contributed by atoms with Crippen molar-refractivity contribution in [3.05, 3.63) is 35.0 Å². The highest BCUT2D eigenvalue weighted by Crippen LogP contribution is 2.33. The van der Waals surface area contributed by atoms with Crippen LogP contribution in [0.5, 0.6) is 0 Å². The Morgan fingerprint density at radius 3 is 2.81 bits per heavy atom. The number of Topliss-reactive ketones (excluding diaryl/α,β-unsaturated/α-hetero) is 1. The summed E-state index contributed by atoms with van der Waals surface area (Å²) in [4.78, 5) is 29.7. The van der Waals surface area contributed by atoms with Gasteiger partial charge in [0, 0.05) is 49.1 Å². The van der Waals surface area contributed by atoms with Crippen LogP contribution in [-0.2, 0) is 13.0 Å². The molecule has 2 aromatic rings. The number of hydrogen-bond acceptors (Lipinski definition) is 3. The summed E-state index contributed by atoms with van der Waals surface area (Å²) < 4.78 is 2.13. The Morgan fingerprint density at radius 2 is 2.07 bits per heavy atom. The van der Waals surface area contributed by atoms with Crippen molar-refractivity contribution in [1.29, 1.82) is 0 Å². The number of nitrogens with zero attached hydrogens (tertiary/aromatic N) is 3. The van der Waals surface area contributed by atoms with Crippen molar-refractivity contribution in [3.8, 4) is 0 Å². The van der Waals surface area contributed by atoms with Crippen molar-refractivity contribution in [2.75, 3.05) is 33.7 Å². The van der Waals surface area contributed by atoms with Crippen LogP contribution in [0.4, 0.5) is 0 Å². The molecule has 0 N–H and O–H groups in total. The highest BCUT2D eigenvalue weighted by atomic mass is 16.2. The van der Waals surface area contributed by atoms with Crippen LogP contribution in [0.25, 0.3) is 10.9 Å². The molecule has 0 spiro atoms. The molecule has 0 unspecified atom stereocenters. The minimum absolute atomic E-state index is 0.123. The van der Waals surface area contributed by atoms with Crippen LogP contribution < -0.4 is 0 Å². The lowest BCUT2D eigenvalue weighted by molar-refractivity contribution is 0.0785. The van der Waals surface area contributed by atoms with E-state index in [-0.39, 0.29) is 11.7 Å². The lowest BCUT2D eigenvalue weighted by atomic mass is 9.94. The van der Waals surface area contributed by atoms with E-state index >= 15 is 0 Å². The summed E-state index contributed by atoms with van der Waals surface area (Å²) in [6, 6.07) is 6.00. The van der Waals surface area contributed by atoms with Crippen molar-refractivity contribution in [2.45, 2.75) is 39.2 Å². The van der Waals surface area contributed by atoms with E-state index < -0.39 is 0 Å². The summed E-state index contributed by atoms with van der Waals surface area (Å²) in [5.41, 5.74) is 3.85. The summed E-state index contributed by atoms with van der Waals surface area (Å²) in [7, 11) is 4.17. The van der Waals surface area contributed by atoms with E-state index in [9.17, 15) is 9.59 Å². The number of aryl methyl sites for hydroxylation is 2. The first kappa shape index (κ1) is 18.2. The van der Waals surface area contributed by atoms with Gasteiger partial charge in [-0.25, -0.2) is 0 Å². The average Bonchev–Trinajstić information content (AvgIpc) is 3.23. The first-order valence-corrected chi connectivity index (χ1v) is 10.1. The highest BCUT2D eigenvalue weighted by molar-refractivity contribution is 6.06. The molecule has 0 saturated carbocycles. The van der Waals surface area contributed by atoms with Gasteiger partial charge in [-0.1, -0.05) is 0 Å². The number of aromatic nitrogens is 1. The zero-order valence-electron chi connectivity index (χ0n) is 16.6. The molecule has 1 aliphatic carbocycles. The smallest absolute Gasteiger partial charge is 0.253 e. The van der Waals surface area contributed by atoms with Gasteiger partial charge in [0.05, 0.1) is 5.69 Å². The monoisotopic (exact) mass is 367 g/mol. The van der Waals surface area contributed by atoms with E-state index in [4.69, 9.17) is 0 Å². The molecule has 2 heterocycles. The Labute approximate surface area is 160 Å². The fourth-order valence-electron chi connectivity index (χ4n) is 4.87. The summed E-state index contributed by atoms with van der Waals surface area (Å²) in [6.07, 6.45) is 3.54. The second-order valence-corrected chi connectivity index (χ2v) is 8.25. The predicted molar refractivity (Wildman–Crippen MR) is 107 cm³/mol. The largest absolute Gasteiger partial charge is 0.338 e. The molecule has 27 heavy (non-hydrogen) atoms. The summed E-state index contributed by atoms with van der Waals surface area (Å²) in [5, 5.41) is 1.09. The fourth-order valence-corrected chi connectivity index (χ4v) is 4.87. The number of amides is 1. The number of benzene rings is 1. The maximum atomic E-state index is 13.1. The molecular weight excluding hydrogens is 338 g/mol. The zero-order chi connectivity index (χ0) is 19.1. The van der Waals surface area contributed by atoms with Gasteiger partial charge in [-0.2, -0.15) is 0 Å². The zero-order valence-corrected chi connectivity index (χ0v) is 16.6. The molecule has 1 saturated heterocycles. The molecule has 1 aromatic carbocycles. The van der Waals surface area contributed by atoms with Gasteiger partial charge in [0.1, 0.15) is 0 Å². The number of likely N-dealkylation sites (tertiary alicyclic amines) is 1. The van der Waals surface area contributed by atoms with E-state index in [1.165, 1.54) is 0 Å². The number of ketones is 1. The van der Waals surface area contributed by atoms with Gasteiger partial charge in [-0.3, -0.25) is 9.59 Å². The number of fused-ring (bicyclic) bond motifs is 3. The van der Waals surface area contributed by atoms with E-state index in [2.05, 4.69) is 30.5 Å². The van der Waals surface area contributed by atoms with Gasteiger partial charge in [0.2, 0.25) is 0 Å². The van der Waals surface area contributed by atoms with Crippen LogP contribution in [0.3, 0.4) is 0 Å². The Balaban J connectivity index is 1.66. The number of carbonyl (C=O) groups is 2. The first-order valence-electron chi connectivity index (χ1n) is 10.1. The molecule has 5 heteroatoms. The Bertz CT molecular complexity index is 897. The van der Waals surface area contributed by atoms with Crippen molar-refractivity contribution in [3.63, 3.8) is 0 Å². The quantitative estimate of drug-likeness (QED) is 0.834. The van der Waals surface area contributed by atoms with E-state index in [0.717, 1.165) is 73.2 Å². The molecule has 1 fully saturated rings. The van der Waals surface area contributed by atoms with E-state index in [0.29, 0.717) is 12.3 Å². The Morgan fingerprint density at radius 1 is 1.26 bits per heavy atom. The van der Waals surface area contributed by atoms with Crippen LogP contribution in [0, 0.1) is 5.92 Å². The van der Waals surface area contributed by atoms with Crippen molar-refractivity contribution in [1.82, 2.24) is 14.4 Å². The van der Waals surface area contributed by atoms with Gasteiger partial charge < -0.3 is 14.4 Å². The molecule has 0 bridgehead atoms. The lowest BCUT2D eigenvalue weighted by Gasteiger charge is -2.19. The molecule has 1 aliphatic heterocycles. The summed E-state index contributed by atoms with van der Waals surface area (Å²) >= 11 is 0. The van der Waals surface area contributed by atoms with Crippen LogP contribution in [0.1, 0.15) is 52.6 Å². The van der Waals surface area contributed by atoms with E-state index in [1.54, 1.807) is 0 Å². The Hall–Kier alpha value is -2.14. The molecule has 2 aliphatic rings. The van der Waals surface area contributed by atoms with Gasteiger partial charge >= 0.3 is 0 Å². The summed E-state index contributed by atoms with van der Waals surface area (Å²) in [6.45, 7) is 5.56. The molecule has 0 radical (unpaired) electrons. The standard InChI is InChI=1S/C22H29N3O2/c1-4-25-19-9-8-16(12-18(19)17-6-5-7-20(26)21(17)25)22(27)24-11-10-15(14-24)13-23(2)3/h8-9,12,15H,4-7,10-11,13-14H2,1-3H3/t15-/m0/s1. The molecule has 144 valence electrons. The molecule has 1 atom stereocenters. The first-order chi connectivity index (χ1) is 13.0. The van der Waals surface area contributed by atoms with Gasteiger partial charge in [0.15, 0.2) is 5.78 Å². The second-order valence-electron chi connectivity index (χ2n) is 8.25. The minimum atomic E-state index is 0.123. The number of carbonyl (C=O) groups excluding carboxylic acids is 2. The SMILES string of the molecule is CCn1c2c(c3cc(C(=O)N4CC[C@@H](CN(C)C)C4)ccc31)CCCC2=O. The van der Waals surface area contributed by atoms with Crippen LogP contribution in [0.2, 0.25) is 0 Å². The topological polar surface area (TPSA) is 45.6 Å². The molecule has 5 nitrogen and oxygen atoms in total. The molecule has 4 rings (SSSR count). The summed E-state index contributed by atoms with van der Waals surface area (Å²) in [5.74, 6) is 0.922. The van der Waals surface area contributed by atoms with E-state index in [1.807, 2.05) is 23.1 Å². The molecule has 1 amide bonds. The van der Waals surface area contributed by atoms with Gasteiger partial charge in [0.25, 0.3) is 5.91 Å². The molecular formula is C22H29N3O2. The third-order valence-electron chi connectivity index (χ3n) is 6.02. The van der Waals surface area contributed by atoms with Crippen molar-refractivity contribution in [2.24, 2.45) is 5.92 Å². The van der Waals surface area contributed by atoms with Crippen LogP contribution in [0.15, 0.2) is 18.2 Å². The van der Waals surface area contributed by atoms with Crippen molar-refractivity contribution < 1.29 is 9.59 Å². The Kier molecular flexibility index (Phi) is 4.81. The lowest BCUT2D eigenvalue weighted by Crippen LogP contribution is -2.30. The third kappa shape index (κ3) is 3.18. The normalized spacial score (nSPS) is 19.9. The minimum Gasteiger partial charge on any atom is -0.338 e. The maximum absolute atomic E-state index is 13.1. The van der Waals surface area contributed by atoms with Gasteiger partial charge in [-0.15, -0.1) is 0 Å².